The summed E-state index contributed by atoms with van der Waals surface area (Å²) in [5.41, 5.74) is 0.519. The van der Waals surface area contributed by atoms with Crippen molar-refractivity contribution >= 4 is 52.4 Å². The SMILES string of the molecule is CC1(C)C(C=C(Cl)Cl)C1C(=O)OCc1ccc(Cl)cc1Cl. The van der Waals surface area contributed by atoms with E-state index >= 15 is 0 Å². The molecule has 1 aromatic carbocycles. The van der Waals surface area contributed by atoms with Gasteiger partial charge in [0.1, 0.15) is 11.1 Å². The number of allylic oxidation sites excluding steroid dienone is 1. The maximum Gasteiger partial charge on any atom is 0.310 e. The number of carbonyl (C=O) groups is 1. The predicted octanol–water partition coefficient (Wildman–Crippen LogP) is 5.63. The van der Waals surface area contributed by atoms with Crippen LogP contribution in [0.3, 0.4) is 0 Å². The standard InChI is InChI=1S/C15H14Cl4O2/c1-15(2)10(6-12(18)19)13(15)14(20)21-7-8-3-4-9(16)5-11(8)17/h3-6,10,13H,7H2,1-2H3. The third kappa shape index (κ3) is 3.87. The molecule has 0 radical (unpaired) electrons. The second kappa shape index (κ2) is 6.37. The summed E-state index contributed by atoms with van der Waals surface area (Å²) in [6, 6.07) is 5.06. The average molecular weight is 368 g/mol. The van der Waals surface area contributed by atoms with E-state index in [9.17, 15) is 4.79 Å². The van der Waals surface area contributed by atoms with Gasteiger partial charge in [-0.1, -0.05) is 66.3 Å². The Kier molecular flexibility index (Phi) is 5.15. The molecule has 1 fully saturated rings. The van der Waals surface area contributed by atoms with E-state index in [1.807, 2.05) is 13.8 Å². The van der Waals surface area contributed by atoms with Crippen molar-refractivity contribution in [2.75, 3.05) is 0 Å². The molecule has 21 heavy (non-hydrogen) atoms. The second-order valence-electron chi connectivity index (χ2n) is 5.62. The second-order valence-corrected chi connectivity index (χ2v) is 7.48. The molecule has 0 aliphatic heterocycles. The summed E-state index contributed by atoms with van der Waals surface area (Å²) in [5, 5.41) is 1.02. The van der Waals surface area contributed by atoms with Crippen LogP contribution in [0, 0.1) is 17.3 Å². The quantitative estimate of drug-likeness (QED) is 0.644. The van der Waals surface area contributed by atoms with E-state index in [0.29, 0.717) is 10.0 Å². The van der Waals surface area contributed by atoms with Gasteiger partial charge in [-0.2, -0.15) is 0 Å². The Bertz CT molecular complexity index is 591. The highest BCUT2D eigenvalue weighted by Crippen LogP contribution is 2.60. The molecule has 1 aliphatic carbocycles. The zero-order valence-electron chi connectivity index (χ0n) is 11.5. The molecule has 0 spiro atoms. The summed E-state index contributed by atoms with van der Waals surface area (Å²) < 4.78 is 5.51. The lowest BCUT2D eigenvalue weighted by Gasteiger charge is -2.07. The van der Waals surface area contributed by atoms with E-state index in [1.54, 1.807) is 24.3 Å². The molecule has 2 unspecified atom stereocenters. The van der Waals surface area contributed by atoms with Gasteiger partial charge in [0.2, 0.25) is 0 Å². The molecular formula is C15H14Cl4O2. The normalized spacial score (nSPS) is 22.6. The number of hydrogen-bond acceptors (Lipinski definition) is 2. The van der Waals surface area contributed by atoms with E-state index < -0.39 is 0 Å². The van der Waals surface area contributed by atoms with E-state index in [1.165, 1.54) is 0 Å². The van der Waals surface area contributed by atoms with Crippen molar-refractivity contribution in [1.82, 2.24) is 0 Å². The van der Waals surface area contributed by atoms with E-state index in [2.05, 4.69) is 0 Å². The fourth-order valence-corrected chi connectivity index (χ4v) is 3.19. The number of rotatable bonds is 4. The first-order valence-electron chi connectivity index (χ1n) is 6.37. The summed E-state index contributed by atoms with van der Waals surface area (Å²) in [5.74, 6) is -0.520. The average Bonchev–Trinajstić information content (AvgIpc) is 2.88. The topological polar surface area (TPSA) is 26.3 Å². The zero-order chi connectivity index (χ0) is 15.8. The van der Waals surface area contributed by atoms with Crippen LogP contribution in [0.15, 0.2) is 28.8 Å². The molecule has 114 valence electrons. The molecule has 2 nitrogen and oxygen atoms in total. The molecule has 1 aromatic rings. The van der Waals surface area contributed by atoms with Crippen LogP contribution in [0.1, 0.15) is 19.4 Å². The lowest BCUT2D eigenvalue weighted by molar-refractivity contribution is -0.147. The van der Waals surface area contributed by atoms with Gasteiger partial charge in [0.25, 0.3) is 0 Å². The number of hydrogen-bond donors (Lipinski definition) is 0. The first kappa shape index (κ1) is 17.0. The minimum atomic E-state index is -0.276. The largest absolute Gasteiger partial charge is 0.461 e. The summed E-state index contributed by atoms with van der Waals surface area (Å²) in [6.45, 7) is 4.07. The molecule has 1 saturated carbocycles. The van der Waals surface area contributed by atoms with Crippen molar-refractivity contribution in [2.24, 2.45) is 17.3 Å². The molecular weight excluding hydrogens is 354 g/mol. The van der Waals surface area contributed by atoms with Crippen LogP contribution in [0.2, 0.25) is 10.0 Å². The monoisotopic (exact) mass is 366 g/mol. The van der Waals surface area contributed by atoms with E-state index in [0.717, 1.165) is 5.56 Å². The Morgan fingerprint density at radius 3 is 2.57 bits per heavy atom. The Morgan fingerprint density at radius 1 is 1.33 bits per heavy atom. The third-order valence-electron chi connectivity index (χ3n) is 3.86. The van der Waals surface area contributed by atoms with Crippen molar-refractivity contribution in [3.63, 3.8) is 0 Å². The molecule has 0 amide bonds. The van der Waals surface area contributed by atoms with Gasteiger partial charge < -0.3 is 4.74 Å². The Morgan fingerprint density at radius 2 is 2.00 bits per heavy atom. The number of carbonyl (C=O) groups excluding carboxylic acids is 1. The lowest BCUT2D eigenvalue weighted by atomic mass is 10.1. The number of esters is 1. The zero-order valence-corrected chi connectivity index (χ0v) is 14.5. The van der Waals surface area contributed by atoms with Crippen molar-refractivity contribution in [3.05, 3.63) is 44.4 Å². The molecule has 0 N–H and O–H groups in total. The van der Waals surface area contributed by atoms with Gasteiger partial charge in [-0.15, -0.1) is 0 Å². The van der Waals surface area contributed by atoms with Gasteiger partial charge in [-0.3, -0.25) is 4.79 Å². The van der Waals surface area contributed by atoms with Crippen molar-refractivity contribution < 1.29 is 9.53 Å². The molecule has 2 atom stereocenters. The van der Waals surface area contributed by atoms with Crippen molar-refractivity contribution in [3.8, 4) is 0 Å². The molecule has 0 aromatic heterocycles. The van der Waals surface area contributed by atoms with Gasteiger partial charge >= 0.3 is 5.97 Å². The number of ether oxygens (including phenoxy) is 1. The fourth-order valence-electron chi connectivity index (χ4n) is 2.45. The Hall–Kier alpha value is -0.410. The van der Waals surface area contributed by atoms with Gasteiger partial charge in [0, 0.05) is 15.6 Å². The lowest BCUT2D eigenvalue weighted by Crippen LogP contribution is -2.10. The van der Waals surface area contributed by atoms with Gasteiger partial charge in [0.15, 0.2) is 0 Å². The van der Waals surface area contributed by atoms with Gasteiger partial charge in [0.05, 0.1) is 5.92 Å². The highest BCUT2D eigenvalue weighted by atomic mass is 35.5. The first-order chi connectivity index (χ1) is 9.73. The van der Waals surface area contributed by atoms with Crippen LogP contribution < -0.4 is 0 Å². The van der Waals surface area contributed by atoms with Crippen LogP contribution in [0.5, 0.6) is 0 Å². The summed E-state index contributed by atoms with van der Waals surface area (Å²) in [4.78, 5) is 12.2. The van der Waals surface area contributed by atoms with Gasteiger partial charge in [-0.05, 0) is 29.5 Å². The van der Waals surface area contributed by atoms with Crippen LogP contribution >= 0.6 is 46.4 Å². The Labute approximate surface area is 144 Å². The molecule has 0 bridgehead atoms. The molecule has 6 heteroatoms. The maximum absolute atomic E-state index is 12.2. The molecule has 1 aliphatic rings. The molecule has 2 rings (SSSR count). The minimum Gasteiger partial charge on any atom is -0.461 e. The predicted molar refractivity (Wildman–Crippen MR) is 86.8 cm³/mol. The first-order valence-corrected chi connectivity index (χ1v) is 7.88. The summed E-state index contributed by atoms with van der Waals surface area (Å²) in [7, 11) is 0. The van der Waals surface area contributed by atoms with Crippen LogP contribution in [-0.2, 0) is 16.1 Å². The van der Waals surface area contributed by atoms with E-state index in [4.69, 9.17) is 51.1 Å². The van der Waals surface area contributed by atoms with Crippen molar-refractivity contribution in [1.29, 1.82) is 0 Å². The van der Waals surface area contributed by atoms with Crippen LogP contribution in [-0.4, -0.2) is 5.97 Å². The Balaban J connectivity index is 1.98. The molecule has 0 saturated heterocycles. The van der Waals surface area contributed by atoms with Crippen LogP contribution in [0.4, 0.5) is 0 Å². The third-order valence-corrected chi connectivity index (χ3v) is 4.69. The highest BCUT2D eigenvalue weighted by Gasteiger charge is 2.61. The molecule has 0 heterocycles. The highest BCUT2D eigenvalue weighted by molar-refractivity contribution is 6.55. The van der Waals surface area contributed by atoms with Crippen molar-refractivity contribution in [2.45, 2.75) is 20.5 Å². The maximum atomic E-state index is 12.2. The van der Waals surface area contributed by atoms with Crippen LogP contribution in [0.25, 0.3) is 0 Å². The summed E-state index contributed by atoms with van der Waals surface area (Å²) >= 11 is 23.2. The van der Waals surface area contributed by atoms with Gasteiger partial charge in [-0.25, -0.2) is 0 Å². The van der Waals surface area contributed by atoms with E-state index in [-0.39, 0.29) is 34.3 Å². The minimum absolute atomic E-state index is 0.00399. The fraction of sp³-hybridized carbons (Fsp3) is 0.400. The number of halogens is 4. The summed E-state index contributed by atoms with van der Waals surface area (Å²) in [6.07, 6.45) is 1.68. The smallest absolute Gasteiger partial charge is 0.310 e. The number of benzene rings is 1.